The van der Waals surface area contributed by atoms with Crippen LogP contribution >= 0.6 is 0 Å². The first-order valence-electron chi connectivity index (χ1n) is 11.5. The van der Waals surface area contributed by atoms with Crippen LogP contribution in [0.3, 0.4) is 0 Å². The third-order valence-corrected chi connectivity index (χ3v) is 5.90. The molecular formula is C23H41N3O2. The number of hydrogen-bond donors (Lipinski definition) is 3. The fourth-order valence-corrected chi connectivity index (χ4v) is 4.26. The van der Waals surface area contributed by atoms with Crippen molar-refractivity contribution < 1.29 is 10.0 Å². The van der Waals surface area contributed by atoms with Gasteiger partial charge < -0.3 is 15.8 Å². The Labute approximate surface area is 171 Å². The first-order valence-corrected chi connectivity index (χ1v) is 11.5. The maximum absolute atomic E-state index is 12.4. The van der Waals surface area contributed by atoms with Gasteiger partial charge in [-0.15, -0.1) is 0 Å². The van der Waals surface area contributed by atoms with E-state index in [9.17, 15) is 10.0 Å². The normalized spacial score (nSPS) is 19.6. The van der Waals surface area contributed by atoms with Crippen molar-refractivity contribution in [2.75, 3.05) is 32.7 Å². The fraction of sp³-hybridized carbons (Fsp3) is 0.783. The molecule has 2 rings (SSSR count). The van der Waals surface area contributed by atoms with Crippen molar-refractivity contribution in [2.24, 2.45) is 5.92 Å². The van der Waals surface area contributed by atoms with E-state index in [1.165, 1.54) is 43.6 Å². The number of carbonyl (C=O) groups excluding carboxylic acids is 1. The van der Waals surface area contributed by atoms with Crippen LogP contribution in [0.1, 0.15) is 77.6 Å². The van der Waals surface area contributed by atoms with E-state index in [1.54, 1.807) is 11.1 Å². The highest BCUT2D eigenvalue weighted by atomic mass is 16.5. The number of rotatable bonds is 13. The maximum Gasteiger partial charge on any atom is 0.220 e. The molecule has 0 aromatic carbocycles. The number of hydrogen-bond acceptors (Lipinski definition) is 4. The molecule has 3 N–H and O–H groups in total. The van der Waals surface area contributed by atoms with Gasteiger partial charge in [-0.2, -0.15) is 5.06 Å². The minimum Gasteiger partial charge on any atom is -0.356 e. The Kier molecular flexibility index (Phi) is 11.5. The van der Waals surface area contributed by atoms with Crippen molar-refractivity contribution in [3.63, 3.8) is 0 Å². The molecule has 160 valence electrons. The molecule has 0 aliphatic heterocycles. The second kappa shape index (κ2) is 13.9. The van der Waals surface area contributed by atoms with Gasteiger partial charge in [-0.05, 0) is 76.8 Å². The molecule has 0 saturated heterocycles. The molecule has 2 aliphatic carbocycles. The van der Waals surface area contributed by atoms with Gasteiger partial charge in [0.15, 0.2) is 0 Å². The van der Waals surface area contributed by atoms with Gasteiger partial charge in [0.25, 0.3) is 0 Å². The van der Waals surface area contributed by atoms with Crippen LogP contribution in [-0.2, 0) is 4.79 Å². The number of nitrogens with one attached hydrogen (secondary N) is 2. The van der Waals surface area contributed by atoms with E-state index in [4.69, 9.17) is 0 Å². The average molecular weight is 392 g/mol. The lowest BCUT2D eigenvalue weighted by molar-refractivity contribution is -0.122. The molecule has 1 unspecified atom stereocenters. The zero-order valence-electron chi connectivity index (χ0n) is 17.8. The Morgan fingerprint density at radius 2 is 1.86 bits per heavy atom. The van der Waals surface area contributed by atoms with E-state index < -0.39 is 0 Å². The molecule has 1 amide bonds. The summed E-state index contributed by atoms with van der Waals surface area (Å²) in [6, 6.07) is 0. The molecule has 0 aromatic rings. The molecule has 28 heavy (non-hydrogen) atoms. The average Bonchev–Trinajstić information content (AvgIpc) is 2.90. The van der Waals surface area contributed by atoms with Gasteiger partial charge in [0.2, 0.25) is 5.91 Å². The van der Waals surface area contributed by atoms with Crippen molar-refractivity contribution >= 4 is 5.91 Å². The Balaban J connectivity index is 1.56. The number of hydroxylamine groups is 2. The molecule has 1 atom stereocenters. The van der Waals surface area contributed by atoms with Crippen LogP contribution in [0.15, 0.2) is 23.3 Å². The second-order valence-electron chi connectivity index (χ2n) is 8.26. The number of unbranched alkanes of at least 4 members (excludes halogenated alkanes) is 1. The largest absolute Gasteiger partial charge is 0.356 e. The van der Waals surface area contributed by atoms with Crippen molar-refractivity contribution in [1.29, 1.82) is 0 Å². The van der Waals surface area contributed by atoms with Gasteiger partial charge in [0.05, 0.1) is 0 Å². The molecule has 0 aromatic heterocycles. The van der Waals surface area contributed by atoms with E-state index in [1.807, 2.05) is 0 Å². The van der Waals surface area contributed by atoms with Gasteiger partial charge in [0.1, 0.15) is 0 Å². The quantitative estimate of drug-likeness (QED) is 0.250. The molecule has 0 spiro atoms. The molecule has 2 aliphatic rings. The highest BCUT2D eigenvalue weighted by Gasteiger charge is 2.23. The summed E-state index contributed by atoms with van der Waals surface area (Å²) in [6.07, 6.45) is 16.4. The number of carbonyl (C=O) groups is 1. The Hall–Kier alpha value is -1.17. The van der Waals surface area contributed by atoms with Gasteiger partial charge in [-0.25, -0.2) is 0 Å². The summed E-state index contributed by atoms with van der Waals surface area (Å²) in [4.78, 5) is 12.4. The molecule has 0 bridgehead atoms. The standard InChI is InChI=1S/C23H41N3O2/c1-2-3-14-24-15-8-17-26(28)18-9-16-25-23(27)19-21-12-5-4-10-20-11-6-7-13-22(20)21/h4-5,21,24,28H,2-3,6-19H2,1H3,(H,25,27). The van der Waals surface area contributed by atoms with Crippen LogP contribution in [0.4, 0.5) is 0 Å². The SMILES string of the molecule is CCCCNCCCN(O)CCCNC(=O)CC1CC=CCC2=C1CCCC2. The summed E-state index contributed by atoms with van der Waals surface area (Å²) < 4.78 is 0. The van der Waals surface area contributed by atoms with Crippen molar-refractivity contribution in [2.45, 2.75) is 77.6 Å². The van der Waals surface area contributed by atoms with Crippen molar-refractivity contribution in [3.05, 3.63) is 23.3 Å². The Morgan fingerprint density at radius 3 is 2.68 bits per heavy atom. The third kappa shape index (κ3) is 8.89. The van der Waals surface area contributed by atoms with Crippen LogP contribution < -0.4 is 10.6 Å². The lowest BCUT2D eigenvalue weighted by Gasteiger charge is -2.25. The minimum atomic E-state index is 0.155. The van der Waals surface area contributed by atoms with Crippen molar-refractivity contribution in [1.82, 2.24) is 15.7 Å². The molecule has 0 radical (unpaired) electrons. The number of nitrogens with zero attached hydrogens (tertiary/aromatic N) is 1. The van der Waals surface area contributed by atoms with Crippen LogP contribution in [0.5, 0.6) is 0 Å². The Morgan fingerprint density at radius 1 is 1.11 bits per heavy atom. The molecule has 5 heteroatoms. The lowest BCUT2D eigenvalue weighted by Crippen LogP contribution is -2.31. The van der Waals surface area contributed by atoms with E-state index in [-0.39, 0.29) is 5.91 Å². The van der Waals surface area contributed by atoms with E-state index in [0.717, 1.165) is 38.8 Å². The highest BCUT2D eigenvalue weighted by molar-refractivity contribution is 5.76. The zero-order valence-corrected chi connectivity index (χ0v) is 17.8. The predicted octanol–water partition coefficient (Wildman–Crippen LogP) is 4.19. The van der Waals surface area contributed by atoms with Crippen molar-refractivity contribution in [3.8, 4) is 0 Å². The van der Waals surface area contributed by atoms with Gasteiger partial charge in [0, 0.05) is 26.1 Å². The minimum absolute atomic E-state index is 0.155. The van der Waals surface area contributed by atoms with Gasteiger partial charge in [-0.1, -0.05) is 36.6 Å². The summed E-state index contributed by atoms with van der Waals surface area (Å²) >= 11 is 0. The van der Waals surface area contributed by atoms with E-state index in [0.29, 0.717) is 32.0 Å². The molecule has 5 nitrogen and oxygen atoms in total. The smallest absolute Gasteiger partial charge is 0.220 e. The van der Waals surface area contributed by atoms with Gasteiger partial charge >= 0.3 is 0 Å². The monoisotopic (exact) mass is 391 g/mol. The van der Waals surface area contributed by atoms with Crippen LogP contribution in [0.2, 0.25) is 0 Å². The summed E-state index contributed by atoms with van der Waals surface area (Å²) in [5.74, 6) is 0.547. The predicted molar refractivity (Wildman–Crippen MR) is 115 cm³/mol. The van der Waals surface area contributed by atoms with Gasteiger partial charge in [-0.3, -0.25) is 4.79 Å². The summed E-state index contributed by atoms with van der Waals surface area (Å²) in [5, 5.41) is 17.7. The number of amides is 1. The van der Waals surface area contributed by atoms with Crippen LogP contribution in [-0.4, -0.2) is 48.9 Å². The number of allylic oxidation sites excluding steroid dienone is 4. The third-order valence-electron chi connectivity index (χ3n) is 5.90. The molecule has 0 heterocycles. The first-order chi connectivity index (χ1) is 13.7. The molecule has 0 saturated carbocycles. The lowest BCUT2D eigenvalue weighted by atomic mass is 9.81. The summed E-state index contributed by atoms with van der Waals surface area (Å²) in [5.41, 5.74) is 3.17. The highest BCUT2D eigenvalue weighted by Crippen LogP contribution is 2.37. The zero-order chi connectivity index (χ0) is 20.0. The van der Waals surface area contributed by atoms with E-state index in [2.05, 4.69) is 29.7 Å². The summed E-state index contributed by atoms with van der Waals surface area (Å²) in [6.45, 7) is 6.12. The summed E-state index contributed by atoms with van der Waals surface area (Å²) in [7, 11) is 0. The molecule has 0 fully saturated rings. The first kappa shape index (κ1) is 23.1. The van der Waals surface area contributed by atoms with Crippen LogP contribution in [0.25, 0.3) is 0 Å². The Bertz CT molecular complexity index is 516. The van der Waals surface area contributed by atoms with E-state index >= 15 is 0 Å². The fourth-order valence-electron chi connectivity index (χ4n) is 4.26. The maximum atomic E-state index is 12.4. The molecular weight excluding hydrogens is 350 g/mol. The van der Waals surface area contributed by atoms with Crippen LogP contribution in [0, 0.1) is 5.92 Å². The topological polar surface area (TPSA) is 64.6 Å². The second-order valence-corrected chi connectivity index (χ2v) is 8.26.